The van der Waals surface area contributed by atoms with Gasteiger partial charge in [0.15, 0.2) is 0 Å². The number of rotatable bonds is 7. The second-order valence-corrected chi connectivity index (χ2v) is 9.17. The molecule has 3 N–H and O–H groups in total. The van der Waals surface area contributed by atoms with Gasteiger partial charge in [-0.1, -0.05) is 37.8 Å². The summed E-state index contributed by atoms with van der Waals surface area (Å²) in [6, 6.07) is 12.5. The van der Waals surface area contributed by atoms with E-state index in [2.05, 4.69) is 33.9 Å². The number of nitrogens with one attached hydrogen (secondary N) is 2. The number of alkyl halides is 2. The molecule has 2 amide bonds. The molecule has 0 unspecified atom stereocenters. The first-order chi connectivity index (χ1) is 17.7. The van der Waals surface area contributed by atoms with E-state index in [4.69, 9.17) is 9.94 Å². The number of amides is 2. The van der Waals surface area contributed by atoms with E-state index in [1.807, 2.05) is 24.3 Å². The molecule has 3 rings (SSSR count). The first-order valence-electron chi connectivity index (χ1n) is 11.7. The maximum atomic E-state index is 13.4. The summed E-state index contributed by atoms with van der Waals surface area (Å²) in [4.78, 5) is 26.8. The quantitative estimate of drug-likeness (QED) is 0.304. The second kappa shape index (κ2) is 13.0. The van der Waals surface area contributed by atoms with Crippen LogP contribution in [0.1, 0.15) is 40.9 Å². The minimum Gasteiger partial charge on any atom is -0.379 e. The molecule has 0 bridgehead atoms. The lowest BCUT2D eigenvalue weighted by Crippen LogP contribution is -2.56. The number of carbonyl (C=O) groups is 2. The molecule has 0 saturated carbocycles. The maximum Gasteiger partial charge on any atom is 0.266 e. The molecule has 9 heteroatoms. The number of halogens is 2. The van der Waals surface area contributed by atoms with Crippen molar-refractivity contribution in [1.29, 1.82) is 0 Å². The van der Waals surface area contributed by atoms with Crippen molar-refractivity contribution in [1.82, 2.24) is 15.7 Å². The van der Waals surface area contributed by atoms with Crippen LogP contribution >= 0.6 is 0 Å². The zero-order valence-electron chi connectivity index (χ0n) is 20.7. The largest absolute Gasteiger partial charge is 0.379 e. The van der Waals surface area contributed by atoms with Gasteiger partial charge >= 0.3 is 0 Å². The monoisotopic (exact) mass is 509 g/mol. The van der Waals surface area contributed by atoms with Gasteiger partial charge in [0.1, 0.15) is 6.04 Å². The van der Waals surface area contributed by atoms with Crippen LogP contribution in [-0.2, 0) is 16.1 Å². The normalized spacial score (nSPS) is 14.5. The summed E-state index contributed by atoms with van der Waals surface area (Å²) >= 11 is 0. The van der Waals surface area contributed by atoms with E-state index in [0.29, 0.717) is 5.56 Å². The molecular formula is C28H29F2N3O4. The van der Waals surface area contributed by atoms with Crippen LogP contribution in [0, 0.1) is 29.1 Å². The van der Waals surface area contributed by atoms with Gasteiger partial charge in [0, 0.05) is 36.3 Å². The number of nitrogens with zero attached hydrogens (tertiary/aromatic N) is 1. The summed E-state index contributed by atoms with van der Waals surface area (Å²) in [6.45, 7) is 6.52. The molecule has 1 fully saturated rings. The van der Waals surface area contributed by atoms with Crippen LogP contribution in [0.5, 0.6) is 0 Å². The van der Waals surface area contributed by atoms with Crippen molar-refractivity contribution in [3.8, 4) is 23.7 Å². The third-order valence-electron chi connectivity index (χ3n) is 6.04. The molecule has 2 aromatic carbocycles. The summed E-state index contributed by atoms with van der Waals surface area (Å²) in [5, 5.41) is 11.2. The minimum absolute atomic E-state index is 0.148. The Morgan fingerprint density at radius 3 is 2.05 bits per heavy atom. The fourth-order valence-corrected chi connectivity index (χ4v) is 3.62. The third-order valence-corrected chi connectivity index (χ3v) is 6.04. The molecule has 1 heterocycles. The fourth-order valence-electron chi connectivity index (χ4n) is 3.62. The van der Waals surface area contributed by atoms with Crippen molar-refractivity contribution in [2.75, 3.05) is 26.3 Å². The molecule has 1 saturated heterocycles. The molecule has 0 aromatic heterocycles. The number of carbonyl (C=O) groups excluding carboxylic acids is 2. The predicted octanol–water partition coefficient (Wildman–Crippen LogP) is 2.82. The highest BCUT2D eigenvalue weighted by Crippen LogP contribution is 2.29. The molecule has 2 aromatic rings. The minimum atomic E-state index is -2.91. The van der Waals surface area contributed by atoms with E-state index in [9.17, 15) is 18.4 Å². The zero-order valence-corrected chi connectivity index (χ0v) is 20.7. The lowest BCUT2D eigenvalue weighted by atomic mass is 9.84. The Hall–Kier alpha value is -3.76. The van der Waals surface area contributed by atoms with Crippen molar-refractivity contribution >= 4 is 11.8 Å². The van der Waals surface area contributed by atoms with E-state index < -0.39 is 29.7 Å². The van der Waals surface area contributed by atoms with E-state index in [1.165, 1.54) is 23.2 Å². The molecule has 37 heavy (non-hydrogen) atoms. The van der Waals surface area contributed by atoms with E-state index >= 15 is 0 Å². The summed E-state index contributed by atoms with van der Waals surface area (Å²) in [7, 11) is 0. The summed E-state index contributed by atoms with van der Waals surface area (Å²) in [6.07, 6.45) is -2.91. The maximum absolute atomic E-state index is 13.4. The Kier molecular flexibility index (Phi) is 9.76. The van der Waals surface area contributed by atoms with Crippen molar-refractivity contribution in [2.24, 2.45) is 5.41 Å². The second-order valence-electron chi connectivity index (χ2n) is 9.17. The van der Waals surface area contributed by atoms with Crippen molar-refractivity contribution in [3.63, 3.8) is 0 Å². The SMILES string of the molecule is CC(C)(C(F)F)[C@H](NC(=O)c1ccc(C#CC#Cc2ccc(CN3CCOCC3)cc2)cc1)C(=O)NO. The van der Waals surface area contributed by atoms with Gasteiger partial charge in [-0.25, -0.2) is 14.3 Å². The van der Waals surface area contributed by atoms with Crippen LogP contribution in [0.3, 0.4) is 0 Å². The van der Waals surface area contributed by atoms with E-state index in [1.54, 1.807) is 12.1 Å². The highest BCUT2D eigenvalue weighted by Gasteiger charge is 2.43. The average Bonchev–Trinajstić information content (AvgIpc) is 2.90. The molecule has 194 valence electrons. The van der Waals surface area contributed by atoms with E-state index in [-0.39, 0.29) is 5.56 Å². The first-order valence-corrected chi connectivity index (χ1v) is 11.7. The number of ether oxygens (including phenoxy) is 1. The van der Waals surface area contributed by atoms with Gasteiger partial charge in [-0.3, -0.25) is 19.7 Å². The first kappa shape index (κ1) is 27.8. The third kappa shape index (κ3) is 7.86. The van der Waals surface area contributed by atoms with Crippen LogP contribution in [0.2, 0.25) is 0 Å². The van der Waals surface area contributed by atoms with Crippen molar-refractivity contribution in [3.05, 3.63) is 70.8 Å². The Morgan fingerprint density at radius 2 is 1.54 bits per heavy atom. The molecule has 1 aliphatic heterocycles. The Morgan fingerprint density at radius 1 is 1.00 bits per heavy atom. The van der Waals surface area contributed by atoms with Crippen LogP contribution < -0.4 is 10.8 Å². The molecule has 0 radical (unpaired) electrons. The fraction of sp³-hybridized carbons (Fsp3) is 0.357. The van der Waals surface area contributed by atoms with Gasteiger partial charge < -0.3 is 10.1 Å². The van der Waals surface area contributed by atoms with Crippen molar-refractivity contribution < 1.29 is 28.3 Å². The lowest BCUT2D eigenvalue weighted by molar-refractivity contribution is -0.137. The highest BCUT2D eigenvalue weighted by atomic mass is 19.3. The van der Waals surface area contributed by atoms with Crippen molar-refractivity contribution in [2.45, 2.75) is 32.9 Å². The van der Waals surface area contributed by atoms with Crippen LogP contribution in [-0.4, -0.2) is 60.7 Å². The van der Waals surface area contributed by atoms with Crippen LogP contribution in [0.25, 0.3) is 0 Å². The Bertz CT molecular complexity index is 1200. The molecular weight excluding hydrogens is 480 g/mol. The standard InChI is InChI=1S/C28H29F2N3O4/c1-28(2,27(29)30)24(26(35)32-36)31-25(34)23-13-11-21(12-14-23)6-4-3-5-20-7-9-22(10-8-20)19-33-15-17-37-18-16-33/h7-14,24,27,36H,15-19H2,1-2H3,(H,31,34)(H,32,35)/t24-/m1/s1. The number of hydrogen-bond acceptors (Lipinski definition) is 5. The number of morpholine rings is 1. The Labute approximate surface area is 215 Å². The predicted molar refractivity (Wildman–Crippen MR) is 134 cm³/mol. The number of benzene rings is 2. The summed E-state index contributed by atoms with van der Waals surface area (Å²) < 4.78 is 32.1. The Balaban J connectivity index is 1.58. The van der Waals surface area contributed by atoms with Gasteiger partial charge in [0.05, 0.1) is 18.6 Å². The van der Waals surface area contributed by atoms with Gasteiger partial charge in [-0.15, -0.1) is 0 Å². The lowest BCUT2D eigenvalue weighted by Gasteiger charge is -2.32. The number of hydroxylamine groups is 1. The average molecular weight is 510 g/mol. The molecule has 1 aliphatic rings. The van der Waals surface area contributed by atoms with Gasteiger partial charge in [0.25, 0.3) is 11.8 Å². The van der Waals surface area contributed by atoms with Crippen LogP contribution in [0.4, 0.5) is 8.78 Å². The molecule has 1 atom stereocenters. The van der Waals surface area contributed by atoms with Gasteiger partial charge in [0.2, 0.25) is 6.43 Å². The van der Waals surface area contributed by atoms with E-state index in [0.717, 1.165) is 52.3 Å². The smallest absolute Gasteiger partial charge is 0.266 e. The summed E-state index contributed by atoms with van der Waals surface area (Å²) in [5.74, 6) is 9.58. The summed E-state index contributed by atoms with van der Waals surface area (Å²) in [5.41, 5.74) is 2.23. The van der Waals surface area contributed by atoms with Gasteiger partial charge in [-0.2, -0.15) is 0 Å². The highest BCUT2D eigenvalue weighted by molar-refractivity contribution is 5.97. The molecule has 7 nitrogen and oxygen atoms in total. The number of hydrogen-bond donors (Lipinski definition) is 3. The molecule has 0 aliphatic carbocycles. The zero-order chi connectivity index (χ0) is 26.8. The van der Waals surface area contributed by atoms with Crippen LogP contribution in [0.15, 0.2) is 48.5 Å². The van der Waals surface area contributed by atoms with Gasteiger partial charge in [-0.05, 0) is 53.8 Å². The molecule has 0 spiro atoms. The topological polar surface area (TPSA) is 90.9 Å².